The number of amides is 1. The summed E-state index contributed by atoms with van der Waals surface area (Å²) < 4.78 is 5.27. The van der Waals surface area contributed by atoms with E-state index in [1.54, 1.807) is 7.11 Å². The van der Waals surface area contributed by atoms with Crippen LogP contribution >= 0.6 is 0 Å². The maximum Gasteiger partial charge on any atom is 0.230 e. The molecule has 1 saturated heterocycles. The van der Waals surface area contributed by atoms with E-state index in [1.807, 2.05) is 30.1 Å². The lowest BCUT2D eigenvalue weighted by Crippen LogP contribution is -2.48. The van der Waals surface area contributed by atoms with E-state index in [0.29, 0.717) is 18.4 Å². The highest BCUT2D eigenvalue weighted by molar-refractivity contribution is 5.83. The summed E-state index contributed by atoms with van der Waals surface area (Å²) in [5, 5.41) is 3.46. The van der Waals surface area contributed by atoms with Crippen molar-refractivity contribution in [1.82, 2.24) is 10.2 Å². The predicted octanol–water partition coefficient (Wildman–Crippen LogP) is 2.43. The Kier molecular flexibility index (Phi) is 4.39. The normalized spacial score (nSPS) is 27.3. The largest absolute Gasteiger partial charge is 0.497 e. The Bertz CT molecular complexity index is 546. The van der Waals surface area contributed by atoms with E-state index in [0.717, 1.165) is 30.8 Å². The Balaban J connectivity index is 1.73. The second kappa shape index (κ2) is 6.29. The maximum atomic E-state index is 13.1. The van der Waals surface area contributed by atoms with Gasteiger partial charge < -0.3 is 15.0 Å². The summed E-state index contributed by atoms with van der Waals surface area (Å²) in [5.41, 5.74) is 0.955. The lowest BCUT2D eigenvalue weighted by molar-refractivity contribution is -0.144. The molecule has 0 bridgehead atoms. The van der Waals surface area contributed by atoms with E-state index >= 15 is 0 Å². The lowest BCUT2D eigenvalue weighted by atomic mass is 9.67. The van der Waals surface area contributed by atoms with Gasteiger partial charge in [-0.1, -0.05) is 25.0 Å². The summed E-state index contributed by atoms with van der Waals surface area (Å²) in [7, 11) is 3.60. The molecule has 0 spiro atoms. The number of carbonyl (C=O) groups excluding carboxylic acids is 1. The number of nitrogens with zero attached hydrogens (tertiary/aromatic N) is 1. The van der Waals surface area contributed by atoms with Crippen LogP contribution in [0.15, 0.2) is 24.3 Å². The minimum Gasteiger partial charge on any atom is -0.497 e. The van der Waals surface area contributed by atoms with Crippen LogP contribution in [0.1, 0.15) is 31.2 Å². The Morgan fingerprint density at radius 2 is 2.32 bits per heavy atom. The molecule has 1 amide bonds. The van der Waals surface area contributed by atoms with Crippen LogP contribution in [0.3, 0.4) is 0 Å². The standard InChI is InChI=1S/C18H26N2O2/c1-20(12-14-6-5-8-16(10-14)22-2)17(21)18-9-4-3-7-15(18)11-19-13-18/h5-6,8,10,15,19H,3-4,7,9,11-13H2,1-2H3/t15-,18+/m0/s1. The summed E-state index contributed by atoms with van der Waals surface area (Å²) in [6.07, 6.45) is 4.66. The fraction of sp³-hybridized carbons (Fsp3) is 0.611. The molecule has 2 fully saturated rings. The van der Waals surface area contributed by atoms with Gasteiger partial charge in [-0.3, -0.25) is 4.79 Å². The zero-order chi connectivity index (χ0) is 15.6. The Hall–Kier alpha value is -1.55. The van der Waals surface area contributed by atoms with Crippen LogP contribution in [0.2, 0.25) is 0 Å². The number of fused-ring (bicyclic) bond motifs is 1. The molecule has 3 rings (SSSR count). The van der Waals surface area contributed by atoms with Crippen molar-refractivity contribution in [3.8, 4) is 5.75 Å². The smallest absolute Gasteiger partial charge is 0.230 e. The van der Waals surface area contributed by atoms with Gasteiger partial charge in [-0.05, 0) is 43.0 Å². The van der Waals surface area contributed by atoms with Crippen molar-refractivity contribution in [2.75, 3.05) is 27.2 Å². The second-order valence-electron chi connectivity index (χ2n) is 6.74. The molecular formula is C18H26N2O2. The lowest BCUT2D eigenvalue weighted by Gasteiger charge is -2.39. The van der Waals surface area contributed by atoms with Crippen molar-refractivity contribution < 1.29 is 9.53 Å². The first kappa shape index (κ1) is 15.3. The number of methoxy groups -OCH3 is 1. The maximum absolute atomic E-state index is 13.1. The van der Waals surface area contributed by atoms with Gasteiger partial charge in [0.1, 0.15) is 5.75 Å². The fourth-order valence-electron chi connectivity index (χ4n) is 4.16. The molecular weight excluding hydrogens is 276 g/mol. The third kappa shape index (κ3) is 2.72. The minimum atomic E-state index is -0.161. The minimum absolute atomic E-state index is 0.161. The van der Waals surface area contributed by atoms with E-state index in [4.69, 9.17) is 4.74 Å². The first-order valence-corrected chi connectivity index (χ1v) is 8.25. The van der Waals surface area contributed by atoms with Crippen LogP contribution in [0, 0.1) is 11.3 Å². The first-order chi connectivity index (χ1) is 10.7. The molecule has 0 aromatic heterocycles. The molecule has 0 radical (unpaired) electrons. The summed E-state index contributed by atoms with van der Waals surface area (Å²) in [6.45, 7) is 2.49. The highest BCUT2D eigenvalue weighted by atomic mass is 16.5. The number of ether oxygens (including phenoxy) is 1. The van der Waals surface area contributed by atoms with Crippen molar-refractivity contribution in [1.29, 1.82) is 0 Å². The van der Waals surface area contributed by atoms with Gasteiger partial charge in [0.05, 0.1) is 12.5 Å². The summed E-state index contributed by atoms with van der Waals surface area (Å²) in [4.78, 5) is 15.0. The second-order valence-corrected chi connectivity index (χ2v) is 6.74. The van der Waals surface area contributed by atoms with Crippen LogP contribution in [0.25, 0.3) is 0 Å². The number of hydrogen-bond donors (Lipinski definition) is 1. The molecule has 1 aliphatic carbocycles. The topological polar surface area (TPSA) is 41.6 Å². The van der Waals surface area contributed by atoms with Gasteiger partial charge in [-0.2, -0.15) is 0 Å². The Morgan fingerprint density at radius 3 is 3.14 bits per heavy atom. The summed E-state index contributed by atoms with van der Waals surface area (Å²) >= 11 is 0. The molecule has 2 atom stereocenters. The van der Waals surface area contributed by atoms with E-state index < -0.39 is 0 Å². The zero-order valence-electron chi connectivity index (χ0n) is 13.6. The summed E-state index contributed by atoms with van der Waals surface area (Å²) in [5.74, 6) is 1.67. The van der Waals surface area contributed by atoms with Crippen molar-refractivity contribution >= 4 is 5.91 Å². The molecule has 1 aromatic carbocycles. The zero-order valence-corrected chi connectivity index (χ0v) is 13.6. The molecule has 120 valence electrons. The molecule has 4 heteroatoms. The van der Waals surface area contributed by atoms with Gasteiger partial charge in [0.2, 0.25) is 5.91 Å². The van der Waals surface area contributed by atoms with E-state index in [-0.39, 0.29) is 5.41 Å². The molecule has 1 heterocycles. The molecule has 4 nitrogen and oxygen atoms in total. The molecule has 2 aliphatic rings. The van der Waals surface area contributed by atoms with Crippen LogP contribution in [-0.4, -0.2) is 38.1 Å². The number of nitrogens with one attached hydrogen (secondary N) is 1. The highest BCUT2D eigenvalue weighted by Gasteiger charge is 2.50. The van der Waals surface area contributed by atoms with E-state index in [1.165, 1.54) is 19.3 Å². The van der Waals surface area contributed by atoms with Crippen LogP contribution in [0.4, 0.5) is 0 Å². The Labute approximate surface area is 132 Å². The average molecular weight is 302 g/mol. The van der Waals surface area contributed by atoms with Gasteiger partial charge in [-0.25, -0.2) is 0 Å². The van der Waals surface area contributed by atoms with Crippen molar-refractivity contribution in [3.63, 3.8) is 0 Å². The molecule has 1 N–H and O–H groups in total. The Morgan fingerprint density at radius 1 is 1.45 bits per heavy atom. The molecule has 1 saturated carbocycles. The molecule has 1 aliphatic heterocycles. The molecule has 1 aromatic rings. The van der Waals surface area contributed by atoms with E-state index in [2.05, 4.69) is 11.4 Å². The van der Waals surface area contributed by atoms with Crippen molar-refractivity contribution in [2.45, 2.75) is 32.2 Å². The van der Waals surface area contributed by atoms with Gasteiger partial charge in [-0.15, -0.1) is 0 Å². The molecule has 22 heavy (non-hydrogen) atoms. The average Bonchev–Trinajstić information content (AvgIpc) is 2.99. The fourth-order valence-corrected chi connectivity index (χ4v) is 4.16. The van der Waals surface area contributed by atoms with Crippen molar-refractivity contribution in [3.05, 3.63) is 29.8 Å². The predicted molar refractivity (Wildman–Crippen MR) is 86.7 cm³/mol. The third-order valence-corrected chi connectivity index (χ3v) is 5.36. The van der Waals surface area contributed by atoms with Gasteiger partial charge in [0.25, 0.3) is 0 Å². The van der Waals surface area contributed by atoms with Gasteiger partial charge in [0, 0.05) is 20.1 Å². The van der Waals surface area contributed by atoms with Crippen LogP contribution in [-0.2, 0) is 11.3 Å². The molecule has 0 unspecified atom stereocenters. The number of rotatable bonds is 4. The first-order valence-electron chi connectivity index (χ1n) is 8.25. The number of carbonyl (C=O) groups is 1. The summed E-state index contributed by atoms with van der Waals surface area (Å²) in [6, 6.07) is 7.97. The van der Waals surface area contributed by atoms with Crippen LogP contribution in [0.5, 0.6) is 5.75 Å². The SMILES string of the molecule is COc1cccc(CN(C)C(=O)[C@@]23CCCC[C@H]2CNC3)c1. The van der Waals surface area contributed by atoms with Gasteiger partial charge in [0.15, 0.2) is 0 Å². The van der Waals surface area contributed by atoms with Crippen molar-refractivity contribution in [2.24, 2.45) is 11.3 Å². The van der Waals surface area contributed by atoms with E-state index in [9.17, 15) is 4.79 Å². The van der Waals surface area contributed by atoms with Gasteiger partial charge >= 0.3 is 0 Å². The quantitative estimate of drug-likeness (QED) is 0.929. The number of benzene rings is 1. The van der Waals surface area contributed by atoms with Crippen LogP contribution < -0.4 is 10.1 Å². The third-order valence-electron chi connectivity index (χ3n) is 5.36. The highest BCUT2D eigenvalue weighted by Crippen LogP contribution is 2.45. The monoisotopic (exact) mass is 302 g/mol. The number of hydrogen-bond acceptors (Lipinski definition) is 3.